The zero-order chi connectivity index (χ0) is 8.55. The van der Waals surface area contributed by atoms with Crippen LogP contribution in [0.1, 0.15) is 16.9 Å². The van der Waals surface area contributed by atoms with E-state index in [1.54, 1.807) is 4.90 Å². The monoisotopic (exact) mass is 168 g/mol. The third-order valence-corrected chi connectivity index (χ3v) is 1.86. The van der Waals surface area contributed by atoms with Crippen LogP contribution in [0.4, 0.5) is 5.82 Å². The van der Waals surface area contributed by atoms with Crippen molar-refractivity contribution in [3.8, 4) is 0 Å². The van der Waals surface area contributed by atoms with Gasteiger partial charge in [-0.15, -0.1) is 0 Å². The molecule has 64 valence electrons. The van der Waals surface area contributed by atoms with Gasteiger partial charge in [0.2, 0.25) is 11.5 Å². The third kappa shape index (κ3) is 0.919. The minimum Gasteiger partial charge on any atom is -0.379 e. The smallest absolute Gasteiger partial charge is 0.280 e. The minimum atomic E-state index is -0.194. The Kier molecular flexibility index (Phi) is 1.46. The average Bonchev–Trinajstić information content (AvgIpc) is 2.31. The molecule has 1 aliphatic rings. The Balaban J connectivity index is 2.19. The molecule has 2 heterocycles. The van der Waals surface area contributed by atoms with E-state index in [-0.39, 0.29) is 17.4 Å². The van der Waals surface area contributed by atoms with Crippen LogP contribution in [0.15, 0.2) is 4.63 Å². The minimum absolute atomic E-state index is 0.0619. The molecule has 1 amide bonds. The number of likely N-dealkylation sites (tertiary alicyclic amines) is 1. The van der Waals surface area contributed by atoms with E-state index in [9.17, 15) is 4.79 Å². The van der Waals surface area contributed by atoms with Crippen LogP contribution in [0.2, 0.25) is 0 Å². The Morgan fingerprint density at radius 1 is 1.50 bits per heavy atom. The van der Waals surface area contributed by atoms with Gasteiger partial charge in [0, 0.05) is 13.1 Å². The second-order valence-corrected chi connectivity index (χ2v) is 2.64. The number of nitrogen functional groups attached to an aromatic ring is 1. The molecule has 0 radical (unpaired) electrons. The van der Waals surface area contributed by atoms with Gasteiger partial charge in [0.15, 0.2) is 0 Å². The fourth-order valence-corrected chi connectivity index (χ4v) is 1.01. The highest BCUT2D eigenvalue weighted by atomic mass is 16.6. The molecule has 2 N–H and O–H groups in total. The van der Waals surface area contributed by atoms with Gasteiger partial charge in [-0.05, 0) is 16.7 Å². The van der Waals surface area contributed by atoms with Crippen molar-refractivity contribution in [2.24, 2.45) is 0 Å². The zero-order valence-corrected chi connectivity index (χ0v) is 6.36. The van der Waals surface area contributed by atoms with Gasteiger partial charge in [-0.3, -0.25) is 4.79 Å². The Morgan fingerprint density at radius 3 is 2.67 bits per heavy atom. The number of hydrogen-bond donors (Lipinski definition) is 1. The fourth-order valence-electron chi connectivity index (χ4n) is 1.01. The lowest BCUT2D eigenvalue weighted by Crippen LogP contribution is -2.42. The van der Waals surface area contributed by atoms with Crippen molar-refractivity contribution in [2.45, 2.75) is 6.42 Å². The van der Waals surface area contributed by atoms with E-state index >= 15 is 0 Å². The largest absolute Gasteiger partial charge is 0.379 e. The zero-order valence-electron chi connectivity index (χ0n) is 6.36. The van der Waals surface area contributed by atoms with Crippen LogP contribution < -0.4 is 5.73 Å². The van der Waals surface area contributed by atoms with E-state index in [2.05, 4.69) is 14.9 Å². The van der Waals surface area contributed by atoms with Crippen LogP contribution in [0.3, 0.4) is 0 Å². The number of carbonyl (C=O) groups excluding carboxylic acids is 1. The van der Waals surface area contributed by atoms with Crippen molar-refractivity contribution in [1.82, 2.24) is 15.2 Å². The summed E-state index contributed by atoms with van der Waals surface area (Å²) in [6.45, 7) is 1.54. The number of rotatable bonds is 1. The number of nitrogens with two attached hydrogens (primary N) is 1. The number of carbonyl (C=O) groups is 1. The maximum absolute atomic E-state index is 11.4. The van der Waals surface area contributed by atoms with Crippen LogP contribution in [0.25, 0.3) is 0 Å². The standard InChI is InChI=1S/C6H8N4O2/c7-5-4(8-12-9-5)6(11)10-2-1-3-10/h1-3H2,(H2,7,9). The van der Waals surface area contributed by atoms with Crippen LogP contribution >= 0.6 is 0 Å². The second kappa shape index (κ2) is 2.47. The molecule has 6 heteroatoms. The molecule has 6 nitrogen and oxygen atoms in total. The summed E-state index contributed by atoms with van der Waals surface area (Å²) in [5.74, 6) is -0.132. The van der Waals surface area contributed by atoms with Crippen molar-refractivity contribution in [1.29, 1.82) is 0 Å². The van der Waals surface area contributed by atoms with Crippen molar-refractivity contribution >= 4 is 11.7 Å². The Hall–Kier alpha value is -1.59. The molecule has 0 spiro atoms. The molecule has 1 aromatic heterocycles. The van der Waals surface area contributed by atoms with Gasteiger partial charge in [0.05, 0.1) is 0 Å². The van der Waals surface area contributed by atoms with E-state index in [4.69, 9.17) is 5.73 Å². The first-order chi connectivity index (χ1) is 5.79. The average molecular weight is 168 g/mol. The molecular formula is C6H8N4O2. The summed E-state index contributed by atoms with van der Waals surface area (Å²) in [4.78, 5) is 13.0. The number of anilines is 1. The van der Waals surface area contributed by atoms with Crippen LogP contribution in [0.5, 0.6) is 0 Å². The summed E-state index contributed by atoms with van der Waals surface area (Å²) in [5, 5.41) is 6.74. The molecule has 2 rings (SSSR count). The van der Waals surface area contributed by atoms with Gasteiger partial charge in [0.1, 0.15) is 0 Å². The van der Waals surface area contributed by atoms with Crippen molar-refractivity contribution in [3.63, 3.8) is 0 Å². The van der Waals surface area contributed by atoms with Gasteiger partial charge in [-0.25, -0.2) is 4.63 Å². The first-order valence-corrected chi connectivity index (χ1v) is 3.66. The van der Waals surface area contributed by atoms with Crippen molar-refractivity contribution < 1.29 is 9.42 Å². The molecule has 0 unspecified atom stereocenters. The fraction of sp³-hybridized carbons (Fsp3) is 0.500. The van der Waals surface area contributed by atoms with E-state index in [0.717, 1.165) is 19.5 Å². The number of amides is 1. The lowest BCUT2D eigenvalue weighted by Gasteiger charge is -2.29. The predicted molar refractivity (Wildman–Crippen MR) is 39.2 cm³/mol. The highest BCUT2D eigenvalue weighted by molar-refractivity contribution is 5.96. The lowest BCUT2D eigenvalue weighted by molar-refractivity contribution is 0.0641. The molecule has 1 aliphatic heterocycles. The molecule has 0 aliphatic carbocycles. The van der Waals surface area contributed by atoms with Crippen molar-refractivity contribution in [2.75, 3.05) is 18.8 Å². The molecule has 0 bridgehead atoms. The second-order valence-electron chi connectivity index (χ2n) is 2.64. The SMILES string of the molecule is Nc1nonc1C(=O)N1CCC1. The maximum atomic E-state index is 11.4. The van der Waals surface area contributed by atoms with Crippen LogP contribution in [-0.4, -0.2) is 34.2 Å². The molecule has 1 fully saturated rings. The molecular weight excluding hydrogens is 160 g/mol. The van der Waals surface area contributed by atoms with E-state index in [0.29, 0.717) is 0 Å². The Bertz CT molecular complexity index is 304. The molecule has 12 heavy (non-hydrogen) atoms. The van der Waals surface area contributed by atoms with Crippen molar-refractivity contribution in [3.05, 3.63) is 5.69 Å². The van der Waals surface area contributed by atoms with Gasteiger partial charge in [0.25, 0.3) is 5.91 Å². The number of aromatic nitrogens is 2. The number of hydrogen-bond acceptors (Lipinski definition) is 5. The summed E-state index contributed by atoms with van der Waals surface area (Å²) < 4.78 is 4.31. The summed E-state index contributed by atoms with van der Waals surface area (Å²) in [5.41, 5.74) is 5.46. The van der Waals surface area contributed by atoms with Crippen LogP contribution in [0, 0.1) is 0 Å². The molecule has 1 aromatic rings. The number of nitrogens with zero attached hydrogens (tertiary/aromatic N) is 3. The quantitative estimate of drug-likeness (QED) is 0.610. The normalized spacial score (nSPS) is 15.8. The third-order valence-electron chi connectivity index (χ3n) is 1.86. The van der Waals surface area contributed by atoms with E-state index in [1.165, 1.54) is 0 Å². The molecule has 0 saturated carbocycles. The topological polar surface area (TPSA) is 85.2 Å². The first kappa shape index (κ1) is 7.08. The van der Waals surface area contributed by atoms with Crippen LogP contribution in [-0.2, 0) is 0 Å². The van der Waals surface area contributed by atoms with Gasteiger partial charge >= 0.3 is 0 Å². The van der Waals surface area contributed by atoms with Gasteiger partial charge in [-0.1, -0.05) is 0 Å². The highest BCUT2D eigenvalue weighted by Gasteiger charge is 2.26. The Labute approximate surface area is 68.3 Å². The summed E-state index contributed by atoms with van der Waals surface area (Å²) in [6.07, 6.45) is 1.04. The van der Waals surface area contributed by atoms with E-state index < -0.39 is 0 Å². The maximum Gasteiger partial charge on any atom is 0.280 e. The summed E-state index contributed by atoms with van der Waals surface area (Å²) in [6, 6.07) is 0. The first-order valence-electron chi connectivity index (χ1n) is 3.66. The molecule has 0 aromatic carbocycles. The molecule has 1 saturated heterocycles. The van der Waals surface area contributed by atoms with Gasteiger partial charge in [-0.2, -0.15) is 0 Å². The predicted octanol–water partition coefficient (Wildman–Crippen LogP) is -0.502. The lowest BCUT2D eigenvalue weighted by atomic mass is 10.2. The summed E-state index contributed by atoms with van der Waals surface area (Å²) >= 11 is 0. The Morgan fingerprint density at radius 2 is 2.25 bits per heavy atom. The highest BCUT2D eigenvalue weighted by Crippen LogP contribution is 2.13. The molecule has 0 atom stereocenters. The summed E-state index contributed by atoms with van der Waals surface area (Å²) in [7, 11) is 0. The van der Waals surface area contributed by atoms with E-state index in [1.807, 2.05) is 0 Å². The van der Waals surface area contributed by atoms with Gasteiger partial charge < -0.3 is 10.6 Å².